The number of aryl methyl sites for hydroxylation is 1. The smallest absolute Gasteiger partial charge is 0.192 e. The Bertz CT molecular complexity index is 557. The van der Waals surface area contributed by atoms with Gasteiger partial charge in [-0.1, -0.05) is 19.9 Å². The van der Waals surface area contributed by atoms with Crippen LogP contribution in [0, 0.1) is 12.8 Å². The van der Waals surface area contributed by atoms with Crippen LogP contribution in [-0.2, 0) is 4.79 Å². The van der Waals surface area contributed by atoms with E-state index in [4.69, 9.17) is 4.42 Å². The van der Waals surface area contributed by atoms with Crippen molar-refractivity contribution in [1.82, 2.24) is 4.98 Å². The Morgan fingerprint density at radius 3 is 2.76 bits per heavy atom. The highest BCUT2D eigenvalue weighted by molar-refractivity contribution is 5.87. The summed E-state index contributed by atoms with van der Waals surface area (Å²) in [5, 5.41) is 9.92. The molecule has 1 atom stereocenters. The van der Waals surface area contributed by atoms with Gasteiger partial charge in [0.05, 0.1) is 0 Å². The number of aliphatic hydroxyl groups excluding tert-OH is 1. The molecule has 4 heteroatoms. The molecule has 1 N–H and O–H groups in total. The third-order valence-electron chi connectivity index (χ3n) is 2.67. The number of hydrogen-bond donors (Lipinski definition) is 1. The fourth-order valence-corrected chi connectivity index (χ4v) is 1.71. The number of carbonyl (C=O) groups excluding carboxylic acids is 1. The summed E-state index contributed by atoms with van der Waals surface area (Å²) in [4.78, 5) is 15.9. The highest BCUT2D eigenvalue weighted by atomic mass is 16.3. The maximum absolute atomic E-state index is 11.7. The SMILES string of the molecule is Cc1nc2cc(C(O)C(=O)C(C)C)ccc2o1. The Labute approximate surface area is 99.3 Å². The highest BCUT2D eigenvalue weighted by Crippen LogP contribution is 2.23. The molecule has 90 valence electrons. The van der Waals surface area contributed by atoms with Crippen molar-refractivity contribution >= 4 is 16.9 Å². The van der Waals surface area contributed by atoms with Gasteiger partial charge < -0.3 is 9.52 Å². The van der Waals surface area contributed by atoms with E-state index in [1.165, 1.54) is 0 Å². The van der Waals surface area contributed by atoms with Crippen LogP contribution >= 0.6 is 0 Å². The summed E-state index contributed by atoms with van der Waals surface area (Å²) >= 11 is 0. The minimum atomic E-state index is -1.09. The number of oxazole rings is 1. The lowest BCUT2D eigenvalue weighted by atomic mass is 9.98. The van der Waals surface area contributed by atoms with Crippen molar-refractivity contribution in [2.45, 2.75) is 26.9 Å². The molecular formula is C13H15NO3. The first-order valence-corrected chi connectivity index (χ1v) is 5.58. The summed E-state index contributed by atoms with van der Waals surface area (Å²) in [5.41, 5.74) is 1.88. The van der Waals surface area contributed by atoms with Gasteiger partial charge in [0.25, 0.3) is 0 Å². The molecule has 0 saturated heterocycles. The van der Waals surface area contributed by atoms with Gasteiger partial charge in [-0.2, -0.15) is 0 Å². The van der Waals surface area contributed by atoms with Crippen molar-refractivity contribution < 1.29 is 14.3 Å². The normalized spacial score (nSPS) is 13.2. The van der Waals surface area contributed by atoms with Crippen LogP contribution in [0.4, 0.5) is 0 Å². The average molecular weight is 233 g/mol. The van der Waals surface area contributed by atoms with Crippen molar-refractivity contribution in [2.75, 3.05) is 0 Å². The number of rotatable bonds is 3. The second kappa shape index (κ2) is 4.30. The molecule has 0 radical (unpaired) electrons. The molecular weight excluding hydrogens is 218 g/mol. The van der Waals surface area contributed by atoms with Crippen molar-refractivity contribution in [1.29, 1.82) is 0 Å². The van der Waals surface area contributed by atoms with Crippen molar-refractivity contribution in [2.24, 2.45) is 5.92 Å². The van der Waals surface area contributed by atoms with Gasteiger partial charge in [-0.3, -0.25) is 4.79 Å². The van der Waals surface area contributed by atoms with Gasteiger partial charge >= 0.3 is 0 Å². The molecule has 0 saturated carbocycles. The van der Waals surface area contributed by atoms with E-state index in [0.717, 1.165) is 0 Å². The fraction of sp³-hybridized carbons (Fsp3) is 0.385. The largest absolute Gasteiger partial charge is 0.441 e. The lowest BCUT2D eigenvalue weighted by Crippen LogP contribution is -2.17. The van der Waals surface area contributed by atoms with Crippen LogP contribution in [0.15, 0.2) is 22.6 Å². The monoisotopic (exact) mass is 233 g/mol. The lowest BCUT2D eigenvalue weighted by Gasteiger charge is -2.11. The van der Waals surface area contributed by atoms with Gasteiger partial charge in [-0.15, -0.1) is 0 Å². The molecule has 4 nitrogen and oxygen atoms in total. The Hall–Kier alpha value is -1.68. The van der Waals surface area contributed by atoms with Crippen LogP contribution in [0.2, 0.25) is 0 Å². The van der Waals surface area contributed by atoms with Gasteiger partial charge in [-0.25, -0.2) is 4.98 Å². The van der Waals surface area contributed by atoms with E-state index in [1.54, 1.807) is 39.0 Å². The first-order valence-electron chi connectivity index (χ1n) is 5.58. The number of Topliss-reactive ketones (excluding diaryl/α,β-unsaturated/α-hetero) is 1. The molecule has 17 heavy (non-hydrogen) atoms. The molecule has 2 rings (SSSR count). The van der Waals surface area contributed by atoms with Gasteiger partial charge in [0, 0.05) is 12.8 Å². The van der Waals surface area contributed by atoms with Crippen LogP contribution in [0.3, 0.4) is 0 Å². The summed E-state index contributed by atoms with van der Waals surface area (Å²) in [5.74, 6) is 0.186. The van der Waals surface area contributed by atoms with Gasteiger partial charge in [-0.05, 0) is 17.7 Å². The summed E-state index contributed by atoms with van der Waals surface area (Å²) in [6.45, 7) is 5.30. The maximum atomic E-state index is 11.7. The number of fused-ring (bicyclic) bond motifs is 1. The molecule has 2 aromatic rings. The van der Waals surface area contributed by atoms with E-state index in [0.29, 0.717) is 22.6 Å². The van der Waals surface area contributed by atoms with Crippen LogP contribution in [0.1, 0.15) is 31.4 Å². The zero-order valence-electron chi connectivity index (χ0n) is 10.1. The molecule has 0 aliphatic heterocycles. The number of benzene rings is 1. The third kappa shape index (κ3) is 2.22. The average Bonchev–Trinajstić information content (AvgIpc) is 2.65. The second-order valence-electron chi connectivity index (χ2n) is 4.42. The Morgan fingerprint density at radius 1 is 1.41 bits per heavy atom. The molecule has 0 aliphatic rings. The van der Waals surface area contributed by atoms with E-state index >= 15 is 0 Å². The van der Waals surface area contributed by atoms with Crippen molar-refractivity contribution in [3.63, 3.8) is 0 Å². The Kier molecular flexibility index (Phi) is 2.98. The first-order chi connectivity index (χ1) is 7.99. The van der Waals surface area contributed by atoms with E-state index in [9.17, 15) is 9.90 Å². The van der Waals surface area contributed by atoms with Crippen LogP contribution in [0.5, 0.6) is 0 Å². The topological polar surface area (TPSA) is 63.3 Å². The highest BCUT2D eigenvalue weighted by Gasteiger charge is 2.20. The lowest BCUT2D eigenvalue weighted by molar-refractivity contribution is -0.130. The summed E-state index contributed by atoms with van der Waals surface area (Å²) in [6.07, 6.45) is -1.09. The van der Waals surface area contributed by atoms with Crippen molar-refractivity contribution in [3.05, 3.63) is 29.7 Å². The van der Waals surface area contributed by atoms with Gasteiger partial charge in [0.1, 0.15) is 11.6 Å². The van der Waals surface area contributed by atoms with Crippen LogP contribution in [0.25, 0.3) is 11.1 Å². The number of carbonyl (C=O) groups is 1. The predicted octanol–water partition coefficient (Wildman–Crippen LogP) is 2.39. The number of hydrogen-bond acceptors (Lipinski definition) is 4. The van der Waals surface area contributed by atoms with E-state index < -0.39 is 6.10 Å². The number of aliphatic hydroxyl groups is 1. The zero-order valence-corrected chi connectivity index (χ0v) is 10.1. The van der Waals surface area contributed by atoms with Crippen molar-refractivity contribution in [3.8, 4) is 0 Å². The first kappa shape index (κ1) is 11.8. The van der Waals surface area contributed by atoms with Gasteiger partial charge in [0.2, 0.25) is 0 Å². The van der Waals surface area contributed by atoms with Crippen LogP contribution in [-0.4, -0.2) is 15.9 Å². The van der Waals surface area contributed by atoms with E-state index in [1.807, 2.05) is 0 Å². The summed E-state index contributed by atoms with van der Waals surface area (Å²) in [7, 11) is 0. The molecule has 1 heterocycles. The van der Waals surface area contributed by atoms with Gasteiger partial charge in [0.15, 0.2) is 17.3 Å². The predicted molar refractivity (Wildman–Crippen MR) is 63.6 cm³/mol. The van der Waals surface area contributed by atoms with E-state index in [2.05, 4.69) is 4.98 Å². The number of nitrogens with zero attached hydrogens (tertiary/aromatic N) is 1. The van der Waals surface area contributed by atoms with Crippen LogP contribution < -0.4 is 0 Å². The molecule has 1 aromatic carbocycles. The van der Waals surface area contributed by atoms with E-state index in [-0.39, 0.29) is 11.7 Å². The molecule has 0 aliphatic carbocycles. The second-order valence-corrected chi connectivity index (χ2v) is 4.42. The minimum Gasteiger partial charge on any atom is -0.441 e. The molecule has 0 amide bonds. The maximum Gasteiger partial charge on any atom is 0.192 e. The summed E-state index contributed by atoms with van der Waals surface area (Å²) < 4.78 is 5.33. The third-order valence-corrected chi connectivity index (χ3v) is 2.67. The summed E-state index contributed by atoms with van der Waals surface area (Å²) in [6, 6.07) is 5.11. The standard InChI is InChI=1S/C13H15NO3/c1-7(2)12(15)13(16)9-4-5-11-10(6-9)14-8(3)17-11/h4-7,13,16H,1-3H3. The Morgan fingerprint density at radius 2 is 2.12 bits per heavy atom. The molecule has 1 aromatic heterocycles. The zero-order chi connectivity index (χ0) is 12.6. The molecule has 1 unspecified atom stereocenters. The molecule has 0 fully saturated rings. The quantitative estimate of drug-likeness (QED) is 0.884. The minimum absolute atomic E-state index is 0.190. The number of aromatic nitrogens is 1. The Balaban J connectivity index is 2.38. The molecule has 0 bridgehead atoms. The number of ketones is 1. The molecule has 0 spiro atoms. The fourth-order valence-electron chi connectivity index (χ4n) is 1.71.